The van der Waals surface area contributed by atoms with Crippen LogP contribution in [-0.2, 0) is 28.4 Å². The van der Waals surface area contributed by atoms with Gasteiger partial charge in [0, 0.05) is 16.2 Å². The van der Waals surface area contributed by atoms with Gasteiger partial charge in [0.1, 0.15) is 61.0 Å². The van der Waals surface area contributed by atoms with Crippen LogP contribution >= 0.6 is 0 Å². The van der Waals surface area contributed by atoms with E-state index in [4.69, 9.17) is 28.4 Å². The molecule has 366 valence electrons. The Bertz CT molecular complexity index is 1760. The molecule has 0 amide bonds. The number of hydrogen-bond donors (Lipinski definition) is 11. The summed E-state index contributed by atoms with van der Waals surface area (Å²) in [5.74, 6) is 0.0538. The van der Waals surface area contributed by atoms with E-state index in [0.29, 0.717) is 12.8 Å². The summed E-state index contributed by atoms with van der Waals surface area (Å²) in [6.07, 6.45) is -12.5. The molecular weight excluding hydrogens is 837 g/mol. The van der Waals surface area contributed by atoms with E-state index in [1.165, 1.54) is 11.1 Å². The Morgan fingerprint density at radius 3 is 2.06 bits per heavy atom. The van der Waals surface area contributed by atoms with Crippen LogP contribution in [0.5, 0.6) is 0 Å². The molecule has 3 aliphatic heterocycles. The van der Waals surface area contributed by atoms with Crippen molar-refractivity contribution in [2.24, 2.45) is 44.3 Å². The Labute approximate surface area is 376 Å². The van der Waals surface area contributed by atoms with E-state index < -0.39 is 122 Å². The molecule has 64 heavy (non-hydrogen) atoms. The van der Waals surface area contributed by atoms with Crippen LogP contribution in [0.1, 0.15) is 99.8 Å². The average Bonchev–Trinajstić information content (AvgIpc) is 3.24. The number of allylic oxidation sites excluding steroid dienone is 3. The molecule has 3 saturated carbocycles. The summed E-state index contributed by atoms with van der Waals surface area (Å²) in [5.41, 5.74) is 0.174. The molecule has 8 rings (SSSR count). The van der Waals surface area contributed by atoms with Gasteiger partial charge in [-0.3, -0.25) is 0 Å². The van der Waals surface area contributed by atoms with Crippen LogP contribution in [-0.4, -0.2) is 181 Å². The first-order valence-electron chi connectivity index (χ1n) is 23.6. The number of fused-ring (bicyclic) bond motifs is 6. The summed E-state index contributed by atoms with van der Waals surface area (Å²) in [7, 11) is 0. The number of aliphatic hydroxyl groups is 11. The maximum atomic E-state index is 12.1. The molecule has 0 radical (unpaired) electrons. The fourth-order valence-electron chi connectivity index (χ4n) is 14.2. The second-order valence-electron chi connectivity index (χ2n) is 22.6. The van der Waals surface area contributed by atoms with Crippen LogP contribution in [0.25, 0.3) is 0 Å². The highest BCUT2D eigenvalue weighted by atomic mass is 16.8. The zero-order valence-corrected chi connectivity index (χ0v) is 38.4. The lowest BCUT2D eigenvalue weighted by Crippen LogP contribution is -2.67. The normalized spacial score (nSPS) is 55.0. The molecule has 11 N–H and O–H groups in total. The Morgan fingerprint density at radius 2 is 1.39 bits per heavy atom. The third kappa shape index (κ3) is 7.45. The van der Waals surface area contributed by atoms with E-state index in [-0.39, 0.29) is 46.7 Å². The topological polar surface area (TPSA) is 278 Å². The molecule has 17 heteroatoms. The first kappa shape index (κ1) is 49.2. The van der Waals surface area contributed by atoms with Gasteiger partial charge in [0.15, 0.2) is 18.9 Å². The smallest absolute Gasteiger partial charge is 0.187 e. The second-order valence-corrected chi connectivity index (χ2v) is 22.6. The van der Waals surface area contributed by atoms with E-state index >= 15 is 0 Å². The monoisotopic (exact) mass is 913 g/mol. The second kappa shape index (κ2) is 17.3. The number of aliphatic hydroxyl groups excluding tert-OH is 11. The van der Waals surface area contributed by atoms with Crippen molar-refractivity contribution < 1.29 is 84.6 Å². The zero-order chi connectivity index (χ0) is 46.7. The quantitative estimate of drug-likeness (QED) is 0.137. The van der Waals surface area contributed by atoms with Gasteiger partial charge >= 0.3 is 0 Å². The van der Waals surface area contributed by atoms with Crippen LogP contribution in [0.15, 0.2) is 23.3 Å². The average molecular weight is 913 g/mol. The van der Waals surface area contributed by atoms with Gasteiger partial charge in [0.2, 0.25) is 0 Å². The summed E-state index contributed by atoms with van der Waals surface area (Å²) in [5, 5.41) is 120. The lowest BCUT2D eigenvalue weighted by molar-refractivity contribution is -0.386. The van der Waals surface area contributed by atoms with Crippen molar-refractivity contribution in [1.29, 1.82) is 0 Å². The van der Waals surface area contributed by atoms with Gasteiger partial charge in [0.05, 0.1) is 44.7 Å². The van der Waals surface area contributed by atoms with Gasteiger partial charge in [-0.05, 0) is 91.9 Å². The fourth-order valence-corrected chi connectivity index (χ4v) is 14.2. The summed E-state index contributed by atoms with van der Waals surface area (Å²) < 4.78 is 36.0. The highest BCUT2D eigenvalue weighted by molar-refractivity contribution is 5.47. The summed E-state index contributed by atoms with van der Waals surface area (Å²) >= 11 is 0. The Balaban J connectivity index is 1.04. The van der Waals surface area contributed by atoms with Gasteiger partial charge in [-0.25, -0.2) is 0 Å². The Hall–Kier alpha value is -1.20. The lowest BCUT2D eigenvalue weighted by Gasteiger charge is -2.70. The molecule has 3 heterocycles. The highest BCUT2D eigenvalue weighted by Crippen LogP contribution is 2.74. The van der Waals surface area contributed by atoms with E-state index in [0.717, 1.165) is 38.5 Å². The van der Waals surface area contributed by atoms with Crippen molar-refractivity contribution in [2.45, 2.75) is 198 Å². The first-order chi connectivity index (χ1) is 30.0. The summed E-state index contributed by atoms with van der Waals surface area (Å²) in [6, 6.07) is 0. The molecule has 0 aromatic heterocycles. The van der Waals surface area contributed by atoms with E-state index in [1.54, 1.807) is 6.92 Å². The van der Waals surface area contributed by atoms with Crippen molar-refractivity contribution in [3.63, 3.8) is 0 Å². The van der Waals surface area contributed by atoms with Crippen LogP contribution in [0.4, 0.5) is 0 Å². The summed E-state index contributed by atoms with van der Waals surface area (Å²) in [4.78, 5) is 0. The predicted octanol–water partition coefficient (Wildman–Crippen LogP) is 0.144. The molecule has 3 saturated heterocycles. The van der Waals surface area contributed by atoms with Crippen LogP contribution in [0.3, 0.4) is 0 Å². The molecule has 23 atom stereocenters. The molecule has 3 unspecified atom stereocenters. The van der Waals surface area contributed by atoms with Gasteiger partial charge in [-0.15, -0.1) is 0 Å². The van der Waals surface area contributed by atoms with Gasteiger partial charge in [-0.2, -0.15) is 0 Å². The highest BCUT2D eigenvalue weighted by Gasteiger charge is 2.69. The lowest BCUT2D eigenvalue weighted by atomic mass is 9.35. The van der Waals surface area contributed by atoms with Crippen LogP contribution in [0, 0.1) is 44.3 Å². The summed E-state index contributed by atoms with van der Waals surface area (Å²) in [6.45, 7) is 13.7. The molecule has 0 aromatic rings. The van der Waals surface area contributed by atoms with Gasteiger partial charge < -0.3 is 84.6 Å². The predicted molar refractivity (Wildman–Crippen MR) is 225 cm³/mol. The van der Waals surface area contributed by atoms with Gasteiger partial charge in [-0.1, -0.05) is 59.3 Å². The molecule has 0 spiro atoms. The third-order valence-electron chi connectivity index (χ3n) is 18.6. The maximum absolute atomic E-state index is 12.1. The van der Waals surface area contributed by atoms with E-state index in [2.05, 4.69) is 46.8 Å². The molecular formula is C47H76O17. The first-order valence-corrected chi connectivity index (χ1v) is 23.6. The van der Waals surface area contributed by atoms with Crippen molar-refractivity contribution in [2.75, 3.05) is 26.4 Å². The van der Waals surface area contributed by atoms with E-state index in [1.807, 2.05) is 6.92 Å². The number of ether oxygens (including phenoxy) is 6. The van der Waals surface area contributed by atoms with Crippen molar-refractivity contribution in [3.8, 4) is 0 Å². The molecule has 5 aliphatic carbocycles. The number of rotatable bonds is 9. The molecule has 17 nitrogen and oxygen atoms in total. The maximum Gasteiger partial charge on any atom is 0.187 e. The van der Waals surface area contributed by atoms with Crippen molar-refractivity contribution >= 4 is 0 Å². The largest absolute Gasteiger partial charge is 0.396 e. The molecule has 0 aromatic carbocycles. The minimum absolute atomic E-state index is 0.0346. The molecule has 8 aliphatic rings. The van der Waals surface area contributed by atoms with Gasteiger partial charge in [0.25, 0.3) is 0 Å². The standard InChI is InChI=1S/C47H76O17/c1-22-31(53)37(63-41-38(34(56)33(55)26(18-48)61-41)64-39-35(57)32(54)25(51)19-59-39)36(58)40(60-22)62-30-11-12-43(4)27(44(30,5)20-49)10-13-45(6)28(43)9-8-23-24-16-42(2,3)14-15-47(24,21-50)29(52)17-46(23,45)7/h8-9,22,25-41,48-58H,10-21H2,1-7H3/t22-,25-,26-,27?,28?,29-,30+,31+,32+,33-,34+,35-,36-,37+,38-,39+,40+,41+,43+,44+,45-,46-,47?/m1/s1. The fraction of sp³-hybridized carbons (Fsp3) is 0.915. The molecule has 0 bridgehead atoms. The third-order valence-corrected chi connectivity index (χ3v) is 18.6. The number of hydrogen-bond acceptors (Lipinski definition) is 17. The molecule has 6 fully saturated rings. The van der Waals surface area contributed by atoms with E-state index in [9.17, 15) is 56.2 Å². The SMILES string of the molecule is C[C@H]1O[C@@H](O[C@H]2CC[C@@]3(C)C(CC[C@]4(C)C3C=CC3=C5CC(C)(C)CCC5(CO)[C@H](O)C[C@]34C)[C@]2(C)CO)[C@H](O)[C@@H](O[C@@H]2O[C@H](CO)[C@@H](O)[C@H](O)[C@H]2O[C@@H]2OC[C@@H](O)[C@H](O)[C@H]2O)[C@H]1O. The minimum Gasteiger partial charge on any atom is -0.396 e. The Kier molecular flexibility index (Phi) is 13.3. The van der Waals surface area contributed by atoms with Crippen molar-refractivity contribution in [3.05, 3.63) is 23.3 Å². The van der Waals surface area contributed by atoms with Crippen LogP contribution < -0.4 is 0 Å². The Morgan fingerprint density at radius 1 is 0.688 bits per heavy atom. The minimum atomic E-state index is -1.81. The van der Waals surface area contributed by atoms with Crippen molar-refractivity contribution in [1.82, 2.24) is 0 Å². The zero-order valence-electron chi connectivity index (χ0n) is 38.4. The van der Waals surface area contributed by atoms with Crippen LogP contribution in [0.2, 0.25) is 0 Å².